The van der Waals surface area contributed by atoms with Gasteiger partial charge in [0.15, 0.2) is 0 Å². The first-order chi connectivity index (χ1) is 14.4. The molecule has 2 heterocycles. The summed E-state index contributed by atoms with van der Waals surface area (Å²) < 4.78 is 32.0. The standard InChI is InChI=1S/C21H18BrF2N5O/c1-14(29-9-8-20(27-29)16-4-2-3-5-18(16)22)21(30,11-28-13-25-12-26-28)17-7-6-15(23)10-19(17)24/h2-10,12-14,30H,11H2,1H3/t14-,21-/m1/s1. The predicted octanol–water partition coefficient (Wildman–Crippen LogP) is 4.33. The van der Waals surface area contributed by atoms with Gasteiger partial charge < -0.3 is 5.11 Å². The fourth-order valence-corrected chi connectivity index (χ4v) is 3.92. The Morgan fingerprint density at radius 2 is 1.97 bits per heavy atom. The van der Waals surface area contributed by atoms with Crippen molar-refractivity contribution in [3.05, 3.63) is 89.1 Å². The molecule has 4 rings (SSSR count). The Bertz CT molecular complexity index is 1160. The highest BCUT2D eigenvalue weighted by Crippen LogP contribution is 2.37. The molecule has 0 amide bonds. The van der Waals surface area contributed by atoms with Crippen LogP contribution in [0, 0.1) is 11.6 Å². The molecule has 0 spiro atoms. The first kappa shape index (κ1) is 20.4. The van der Waals surface area contributed by atoms with Crippen molar-refractivity contribution in [1.82, 2.24) is 24.5 Å². The number of hydrogen-bond acceptors (Lipinski definition) is 4. The Labute approximate surface area is 179 Å². The molecule has 0 saturated heterocycles. The minimum Gasteiger partial charge on any atom is -0.381 e. The number of nitrogens with zero attached hydrogens (tertiary/aromatic N) is 5. The van der Waals surface area contributed by atoms with Gasteiger partial charge in [-0.3, -0.25) is 4.68 Å². The third-order valence-corrected chi connectivity index (χ3v) is 5.80. The lowest BCUT2D eigenvalue weighted by Crippen LogP contribution is -2.40. The van der Waals surface area contributed by atoms with Crippen LogP contribution >= 0.6 is 15.9 Å². The number of aliphatic hydroxyl groups is 1. The highest BCUT2D eigenvalue weighted by atomic mass is 79.9. The topological polar surface area (TPSA) is 68.8 Å². The van der Waals surface area contributed by atoms with E-state index in [1.54, 1.807) is 17.8 Å². The van der Waals surface area contributed by atoms with E-state index in [9.17, 15) is 13.9 Å². The fraction of sp³-hybridized carbons (Fsp3) is 0.190. The second-order valence-corrected chi connectivity index (χ2v) is 7.83. The SMILES string of the molecule is C[C@@H](n1ccc(-c2ccccc2Br)n1)[C@](O)(Cn1cncn1)c1ccc(F)cc1F. The van der Waals surface area contributed by atoms with Crippen LogP contribution in [0.4, 0.5) is 8.78 Å². The molecule has 2 aromatic heterocycles. The van der Waals surface area contributed by atoms with Gasteiger partial charge in [-0.25, -0.2) is 18.4 Å². The van der Waals surface area contributed by atoms with Crippen molar-refractivity contribution in [2.75, 3.05) is 0 Å². The van der Waals surface area contributed by atoms with Gasteiger partial charge in [-0.15, -0.1) is 0 Å². The van der Waals surface area contributed by atoms with Gasteiger partial charge in [0, 0.05) is 27.9 Å². The maximum atomic E-state index is 14.7. The van der Waals surface area contributed by atoms with Gasteiger partial charge in [0.25, 0.3) is 0 Å². The zero-order valence-electron chi connectivity index (χ0n) is 16.0. The van der Waals surface area contributed by atoms with Crippen LogP contribution < -0.4 is 0 Å². The number of halogens is 3. The normalized spacial score (nSPS) is 14.4. The molecule has 0 fully saturated rings. The summed E-state index contributed by atoms with van der Waals surface area (Å²) in [6.45, 7) is 1.62. The molecule has 1 N–H and O–H groups in total. The van der Waals surface area contributed by atoms with Crippen molar-refractivity contribution < 1.29 is 13.9 Å². The van der Waals surface area contributed by atoms with Gasteiger partial charge in [0.2, 0.25) is 0 Å². The zero-order chi connectivity index (χ0) is 21.3. The fourth-order valence-electron chi connectivity index (χ4n) is 3.43. The van der Waals surface area contributed by atoms with E-state index in [1.165, 1.54) is 23.4 Å². The van der Waals surface area contributed by atoms with E-state index in [4.69, 9.17) is 0 Å². The van der Waals surface area contributed by atoms with Crippen LogP contribution in [-0.2, 0) is 12.1 Å². The van der Waals surface area contributed by atoms with Crippen LogP contribution in [-0.4, -0.2) is 29.7 Å². The van der Waals surface area contributed by atoms with Crippen molar-refractivity contribution >= 4 is 15.9 Å². The smallest absolute Gasteiger partial charge is 0.137 e. The number of hydrogen-bond donors (Lipinski definition) is 1. The van der Waals surface area contributed by atoms with E-state index in [-0.39, 0.29) is 12.1 Å². The third-order valence-electron chi connectivity index (χ3n) is 5.11. The Morgan fingerprint density at radius 3 is 2.67 bits per heavy atom. The summed E-state index contributed by atoms with van der Waals surface area (Å²) in [6, 6.07) is 11.9. The largest absolute Gasteiger partial charge is 0.381 e. The van der Waals surface area contributed by atoms with E-state index >= 15 is 0 Å². The van der Waals surface area contributed by atoms with Crippen molar-refractivity contribution in [2.45, 2.75) is 25.1 Å². The van der Waals surface area contributed by atoms with Crippen LogP contribution in [0.25, 0.3) is 11.3 Å². The van der Waals surface area contributed by atoms with Crippen molar-refractivity contribution in [3.63, 3.8) is 0 Å². The van der Waals surface area contributed by atoms with Gasteiger partial charge in [0.05, 0.1) is 18.3 Å². The number of rotatable bonds is 6. The van der Waals surface area contributed by atoms with Crippen molar-refractivity contribution in [1.29, 1.82) is 0 Å². The summed E-state index contributed by atoms with van der Waals surface area (Å²) in [7, 11) is 0. The summed E-state index contributed by atoms with van der Waals surface area (Å²) in [6.07, 6.45) is 4.47. The van der Waals surface area contributed by atoms with E-state index in [1.807, 2.05) is 30.3 Å². The third kappa shape index (κ3) is 3.78. The second kappa shape index (κ2) is 8.08. The minimum atomic E-state index is -1.78. The molecule has 6 nitrogen and oxygen atoms in total. The van der Waals surface area contributed by atoms with Crippen LogP contribution in [0.3, 0.4) is 0 Å². The van der Waals surface area contributed by atoms with Crippen LogP contribution in [0.15, 0.2) is 71.9 Å². The quantitative estimate of drug-likeness (QED) is 0.452. The van der Waals surface area contributed by atoms with Gasteiger partial charge in [-0.2, -0.15) is 10.2 Å². The highest BCUT2D eigenvalue weighted by molar-refractivity contribution is 9.10. The lowest BCUT2D eigenvalue weighted by Gasteiger charge is -2.34. The van der Waals surface area contributed by atoms with E-state index < -0.39 is 23.3 Å². The minimum absolute atomic E-state index is 0.0511. The summed E-state index contributed by atoms with van der Waals surface area (Å²) in [4.78, 5) is 3.88. The molecule has 0 aliphatic heterocycles. The monoisotopic (exact) mass is 473 g/mol. The van der Waals surface area contributed by atoms with Crippen molar-refractivity contribution in [3.8, 4) is 11.3 Å². The van der Waals surface area contributed by atoms with E-state index in [0.717, 1.165) is 22.2 Å². The van der Waals surface area contributed by atoms with E-state index in [2.05, 4.69) is 31.1 Å². The molecular formula is C21H18BrF2N5O. The lowest BCUT2D eigenvalue weighted by atomic mass is 9.86. The van der Waals surface area contributed by atoms with E-state index in [0.29, 0.717) is 5.69 Å². The summed E-state index contributed by atoms with van der Waals surface area (Å²) in [5.41, 5.74) is -0.249. The summed E-state index contributed by atoms with van der Waals surface area (Å²) >= 11 is 3.51. The Morgan fingerprint density at radius 1 is 1.17 bits per heavy atom. The first-order valence-corrected chi connectivity index (χ1v) is 9.98. The van der Waals surface area contributed by atoms with Crippen LogP contribution in [0.5, 0.6) is 0 Å². The average molecular weight is 474 g/mol. The molecule has 2 atom stereocenters. The molecule has 0 radical (unpaired) electrons. The van der Waals surface area contributed by atoms with Crippen LogP contribution in [0.1, 0.15) is 18.5 Å². The van der Waals surface area contributed by atoms with Gasteiger partial charge in [0.1, 0.15) is 29.9 Å². The molecule has 0 saturated carbocycles. The molecule has 0 aliphatic rings. The molecule has 0 unspecified atom stereocenters. The Hall–Kier alpha value is -2.91. The Kier molecular flexibility index (Phi) is 5.48. The summed E-state index contributed by atoms with van der Waals surface area (Å²) in [5, 5.41) is 20.3. The molecule has 154 valence electrons. The molecule has 0 aliphatic carbocycles. The molecule has 30 heavy (non-hydrogen) atoms. The van der Waals surface area contributed by atoms with Gasteiger partial charge in [-0.1, -0.05) is 40.2 Å². The van der Waals surface area contributed by atoms with Gasteiger partial charge >= 0.3 is 0 Å². The van der Waals surface area contributed by atoms with Gasteiger partial charge in [-0.05, 0) is 25.1 Å². The van der Waals surface area contributed by atoms with Crippen LogP contribution in [0.2, 0.25) is 0 Å². The second-order valence-electron chi connectivity index (χ2n) is 6.98. The summed E-state index contributed by atoms with van der Waals surface area (Å²) in [5.74, 6) is -1.56. The maximum absolute atomic E-state index is 14.7. The first-order valence-electron chi connectivity index (χ1n) is 9.19. The highest BCUT2D eigenvalue weighted by Gasteiger charge is 2.40. The molecular weight excluding hydrogens is 456 g/mol. The van der Waals surface area contributed by atoms with Crippen molar-refractivity contribution in [2.24, 2.45) is 0 Å². The average Bonchev–Trinajstić information content (AvgIpc) is 3.39. The number of benzene rings is 2. The number of aromatic nitrogens is 5. The molecule has 2 aromatic carbocycles. The molecule has 9 heteroatoms. The predicted molar refractivity (Wildman–Crippen MR) is 110 cm³/mol. The maximum Gasteiger partial charge on any atom is 0.137 e. The Balaban J connectivity index is 1.76. The lowest BCUT2D eigenvalue weighted by molar-refractivity contribution is -0.0368. The molecule has 4 aromatic rings. The zero-order valence-corrected chi connectivity index (χ0v) is 17.5. The molecule has 0 bridgehead atoms.